The van der Waals surface area contributed by atoms with Gasteiger partial charge in [-0.25, -0.2) is 0 Å². The number of furan rings is 1. The van der Waals surface area contributed by atoms with Gasteiger partial charge in [0, 0.05) is 18.1 Å². The molecule has 0 aliphatic carbocycles. The highest BCUT2D eigenvalue weighted by molar-refractivity contribution is 6.30. The second-order valence-corrected chi connectivity index (χ2v) is 6.22. The third kappa shape index (κ3) is 3.97. The molecule has 1 amide bonds. The molecule has 1 fully saturated rings. The molecular weight excluding hydrogens is 330 g/mol. The van der Waals surface area contributed by atoms with Crippen LogP contribution in [0.4, 0.5) is 0 Å². The van der Waals surface area contributed by atoms with Crippen molar-refractivity contribution in [2.45, 2.75) is 19.4 Å². The molecule has 1 aliphatic rings. The number of carbonyl (C=O) groups excluding carboxylic acids is 2. The number of piperidine rings is 1. The van der Waals surface area contributed by atoms with Gasteiger partial charge in [0.2, 0.25) is 0 Å². The van der Waals surface area contributed by atoms with Crippen molar-refractivity contribution in [2.24, 2.45) is 5.92 Å². The maximum Gasteiger partial charge on any atom is 0.309 e. The van der Waals surface area contributed by atoms with E-state index in [4.69, 9.17) is 20.8 Å². The summed E-state index contributed by atoms with van der Waals surface area (Å²) < 4.78 is 10.5. The van der Waals surface area contributed by atoms with Crippen LogP contribution in [0.5, 0.6) is 0 Å². The number of halogens is 1. The van der Waals surface area contributed by atoms with Gasteiger partial charge in [0.15, 0.2) is 5.76 Å². The zero-order chi connectivity index (χ0) is 16.9. The number of rotatable bonds is 4. The van der Waals surface area contributed by atoms with Gasteiger partial charge in [-0.2, -0.15) is 0 Å². The van der Waals surface area contributed by atoms with Gasteiger partial charge in [0.1, 0.15) is 6.61 Å². The Morgan fingerprint density at radius 2 is 2.00 bits per heavy atom. The van der Waals surface area contributed by atoms with Crippen LogP contribution >= 0.6 is 11.6 Å². The van der Waals surface area contributed by atoms with Crippen molar-refractivity contribution >= 4 is 23.5 Å². The van der Waals surface area contributed by atoms with Crippen LogP contribution < -0.4 is 0 Å². The van der Waals surface area contributed by atoms with Crippen LogP contribution in [0.15, 0.2) is 47.1 Å². The summed E-state index contributed by atoms with van der Waals surface area (Å²) >= 11 is 5.91. The maximum absolute atomic E-state index is 12.2. The fourth-order valence-electron chi connectivity index (χ4n) is 2.77. The zero-order valence-electron chi connectivity index (χ0n) is 13.1. The second kappa shape index (κ2) is 7.53. The van der Waals surface area contributed by atoms with Gasteiger partial charge in [-0.1, -0.05) is 23.7 Å². The molecule has 6 heteroatoms. The van der Waals surface area contributed by atoms with Crippen molar-refractivity contribution in [1.82, 2.24) is 4.90 Å². The highest BCUT2D eigenvalue weighted by Crippen LogP contribution is 2.21. The first-order valence-electron chi connectivity index (χ1n) is 7.87. The minimum atomic E-state index is -0.222. The molecule has 0 radical (unpaired) electrons. The Kier molecular flexibility index (Phi) is 5.20. The van der Waals surface area contributed by atoms with E-state index in [0.29, 0.717) is 36.7 Å². The van der Waals surface area contributed by atoms with Crippen LogP contribution in [-0.2, 0) is 16.1 Å². The normalized spacial score (nSPS) is 15.3. The Labute approximate surface area is 145 Å². The number of ether oxygens (including phenoxy) is 1. The van der Waals surface area contributed by atoms with Gasteiger partial charge in [-0.15, -0.1) is 0 Å². The molecule has 1 aromatic carbocycles. The fourth-order valence-corrected chi connectivity index (χ4v) is 2.99. The molecule has 2 heterocycles. The predicted molar refractivity (Wildman–Crippen MR) is 88.6 cm³/mol. The minimum Gasteiger partial charge on any atom is -0.461 e. The van der Waals surface area contributed by atoms with Crippen molar-refractivity contribution in [2.75, 3.05) is 13.1 Å². The first-order valence-corrected chi connectivity index (χ1v) is 8.25. The van der Waals surface area contributed by atoms with Crippen molar-refractivity contribution in [3.63, 3.8) is 0 Å². The SMILES string of the molecule is O=C(OCc1cccc(Cl)c1)C1CCN(C(=O)c2ccco2)CC1. The molecule has 0 unspecified atom stereocenters. The molecule has 0 N–H and O–H groups in total. The Balaban J connectivity index is 1.47. The molecule has 0 atom stereocenters. The van der Waals surface area contributed by atoms with E-state index < -0.39 is 0 Å². The predicted octanol–water partition coefficient (Wildman–Crippen LogP) is 3.53. The van der Waals surface area contributed by atoms with Crippen molar-refractivity contribution in [3.8, 4) is 0 Å². The first kappa shape index (κ1) is 16.6. The number of nitrogens with zero attached hydrogens (tertiary/aromatic N) is 1. The van der Waals surface area contributed by atoms with Crippen LogP contribution in [-0.4, -0.2) is 29.9 Å². The number of hydrogen-bond donors (Lipinski definition) is 0. The lowest BCUT2D eigenvalue weighted by Crippen LogP contribution is -2.40. The largest absolute Gasteiger partial charge is 0.461 e. The molecule has 0 spiro atoms. The Morgan fingerprint density at radius 1 is 1.21 bits per heavy atom. The number of esters is 1. The summed E-state index contributed by atoms with van der Waals surface area (Å²) in [5.74, 6) is -0.201. The molecule has 2 aromatic rings. The van der Waals surface area contributed by atoms with Crippen LogP contribution in [0.1, 0.15) is 29.0 Å². The van der Waals surface area contributed by atoms with Gasteiger partial charge < -0.3 is 14.1 Å². The van der Waals surface area contributed by atoms with E-state index in [1.165, 1.54) is 6.26 Å². The zero-order valence-corrected chi connectivity index (χ0v) is 13.9. The average Bonchev–Trinajstić information content (AvgIpc) is 3.14. The fraction of sp³-hybridized carbons (Fsp3) is 0.333. The Bertz CT molecular complexity index is 706. The van der Waals surface area contributed by atoms with Crippen molar-refractivity contribution in [3.05, 3.63) is 59.0 Å². The molecule has 3 rings (SSSR count). The summed E-state index contributed by atoms with van der Waals surface area (Å²) in [7, 11) is 0. The third-order valence-electron chi connectivity index (χ3n) is 4.12. The minimum absolute atomic E-state index is 0.134. The van der Waals surface area contributed by atoms with E-state index in [0.717, 1.165) is 5.56 Å². The summed E-state index contributed by atoms with van der Waals surface area (Å²) in [4.78, 5) is 26.1. The first-order chi connectivity index (χ1) is 11.6. The van der Waals surface area contributed by atoms with E-state index in [9.17, 15) is 9.59 Å². The van der Waals surface area contributed by atoms with Crippen LogP contribution in [0.3, 0.4) is 0 Å². The molecule has 1 aromatic heterocycles. The summed E-state index contributed by atoms with van der Waals surface area (Å²) in [5.41, 5.74) is 0.862. The highest BCUT2D eigenvalue weighted by atomic mass is 35.5. The number of carbonyl (C=O) groups is 2. The highest BCUT2D eigenvalue weighted by Gasteiger charge is 2.29. The van der Waals surface area contributed by atoms with Crippen molar-refractivity contribution in [1.29, 1.82) is 0 Å². The summed E-state index contributed by atoms with van der Waals surface area (Å²) in [6.45, 7) is 1.26. The topological polar surface area (TPSA) is 59.8 Å². The van der Waals surface area contributed by atoms with E-state index in [-0.39, 0.29) is 24.4 Å². The summed E-state index contributed by atoms with van der Waals surface area (Å²) in [5, 5.41) is 0.619. The molecule has 1 aliphatic heterocycles. The van der Waals surface area contributed by atoms with Crippen LogP contribution in [0, 0.1) is 5.92 Å². The van der Waals surface area contributed by atoms with Crippen LogP contribution in [0.2, 0.25) is 5.02 Å². The average molecular weight is 348 g/mol. The lowest BCUT2D eigenvalue weighted by Gasteiger charge is -2.30. The monoisotopic (exact) mass is 347 g/mol. The lowest BCUT2D eigenvalue weighted by molar-refractivity contribution is -0.151. The Morgan fingerprint density at radius 3 is 2.67 bits per heavy atom. The number of benzene rings is 1. The smallest absolute Gasteiger partial charge is 0.309 e. The van der Waals surface area contributed by atoms with E-state index in [1.807, 2.05) is 12.1 Å². The van der Waals surface area contributed by atoms with Crippen molar-refractivity contribution < 1.29 is 18.7 Å². The lowest BCUT2D eigenvalue weighted by atomic mass is 9.97. The number of likely N-dealkylation sites (tertiary alicyclic amines) is 1. The third-order valence-corrected chi connectivity index (χ3v) is 4.35. The van der Waals surface area contributed by atoms with Gasteiger partial charge in [-0.05, 0) is 42.7 Å². The summed E-state index contributed by atoms with van der Waals surface area (Å²) in [6, 6.07) is 10.6. The summed E-state index contributed by atoms with van der Waals surface area (Å²) in [6.07, 6.45) is 2.68. The molecule has 5 nitrogen and oxygen atoms in total. The van der Waals surface area contributed by atoms with Gasteiger partial charge in [-0.3, -0.25) is 9.59 Å². The van der Waals surface area contributed by atoms with E-state index in [1.54, 1.807) is 29.2 Å². The Hall–Kier alpha value is -2.27. The van der Waals surface area contributed by atoms with E-state index >= 15 is 0 Å². The molecule has 24 heavy (non-hydrogen) atoms. The number of amides is 1. The standard InChI is InChI=1S/C18H18ClNO4/c19-15-4-1-3-13(11-15)12-24-18(22)14-6-8-20(9-7-14)17(21)16-5-2-10-23-16/h1-5,10-11,14H,6-9,12H2. The maximum atomic E-state index is 12.2. The molecule has 126 valence electrons. The number of hydrogen-bond acceptors (Lipinski definition) is 4. The van der Waals surface area contributed by atoms with Gasteiger partial charge in [0.05, 0.1) is 12.2 Å². The van der Waals surface area contributed by atoms with E-state index in [2.05, 4.69) is 0 Å². The molecule has 1 saturated heterocycles. The molecule has 0 bridgehead atoms. The molecule has 0 saturated carbocycles. The van der Waals surface area contributed by atoms with Crippen LogP contribution in [0.25, 0.3) is 0 Å². The second-order valence-electron chi connectivity index (χ2n) is 5.78. The van der Waals surface area contributed by atoms with Gasteiger partial charge in [0.25, 0.3) is 5.91 Å². The quantitative estimate of drug-likeness (QED) is 0.794. The molecular formula is C18H18ClNO4. The van der Waals surface area contributed by atoms with Gasteiger partial charge >= 0.3 is 5.97 Å².